The molecule has 1 aromatic carbocycles. The Hall–Kier alpha value is -1.28. The summed E-state index contributed by atoms with van der Waals surface area (Å²) < 4.78 is 5.33. The fraction of sp³-hybridized carbons (Fsp3) is 0.182. The van der Waals surface area contributed by atoms with Crippen LogP contribution >= 0.6 is 0 Å². The predicted molar refractivity (Wildman–Crippen MR) is 51.5 cm³/mol. The number of hydrogen-bond acceptors (Lipinski definition) is 2. The smallest absolute Gasteiger partial charge is 0.180 e. The largest absolute Gasteiger partial charge is 0.486 e. The van der Waals surface area contributed by atoms with Gasteiger partial charge in [0.25, 0.3) is 0 Å². The van der Waals surface area contributed by atoms with Crippen LogP contribution in [0, 0.1) is 6.10 Å². The second-order valence-electron chi connectivity index (χ2n) is 3.02. The van der Waals surface area contributed by atoms with Crippen LogP contribution in [-0.4, -0.2) is 0 Å². The zero-order valence-electron chi connectivity index (χ0n) is 7.36. The van der Waals surface area contributed by atoms with E-state index in [0.29, 0.717) is 6.54 Å². The molecule has 0 unspecified atom stereocenters. The van der Waals surface area contributed by atoms with Gasteiger partial charge >= 0.3 is 0 Å². The molecule has 67 valence electrons. The number of nitrogens with two attached hydrogens (primary N) is 1. The molecule has 0 bridgehead atoms. The first-order chi connectivity index (χ1) is 6.40. The van der Waals surface area contributed by atoms with Gasteiger partial charge in [-0.2, -0.15) is 0 Å². The number of benzene rings is 1. The van der Waals surface area contributed by atoms with Crippen LogP contribution in [-0.2, 0) is 11.3 Å². The molecule has 13 heavy (non-hydrogen) atoms. The first-order valence-corrected chi connectivity index (χ1v) is 4.37. The van der Waals surface area contributed by atoms with Crippen molar-refractivity contribution in [3.8, 4) is 0 Å². The third kappa shape index (κ3) is 1.73. The highest BCUT2D eigenvalue weighted by Crippen LogP contribution is 2.25. The molecule has 0 fully saturated rings. The van der Waals surface area contributed by atoms with E-state index in [-0.39, 0.29) is 0 Å². The van der Waals surface area contributed by atoms with Gasteiger partial charge in [0, 0.05) is 18.5 Å². The number of hydrogen-bond donors (Lipinski definition) is 1. The Balaban J connectivity index is 2.19. The van der Waals surface area contributed by atoms with E-state index < -0.39 is 0 Å². The summed E-state index contributed by atoms with van der Waals surface area (Å²) in [6.45, 7) is 0.578. The molecule has 2 N–H and O–H groups in total. The van der Waals surface area contributed by atoms with Gasteiger partial charge in [0.05, 0.1) is 6.26 Å². The van der Waals surface area contributed by atoms with Crippen LogP contribution in [0.5, 0.6) is 0 Å². The zero-order valence-corrected chi connectivity index (χ0v) is 7.36. The van der Waals surface area contributed by atoms with Crippen LogP contribution in [0.15, 0.2) is 36.6 Å². The maximum Gasteiger partial charge on any atom is 0.180 e. The molecule has 2 nitrogen and oxygen atoms in total. The van der Waals surface area contributed by atoms with E-state index >= 15 is 0 Å². The molecule has 0 spiro atoms. The van der Waals surface area contributed by atoms with Gasteiger partial charge in [-0.15, -0.1) is 0 Å². The van der Waals surface area contributed by atoms with Crippen molar-refractivity contribution in [2.24, 2.45) is 5.73 Å². The quantitative estimate of drug-likeness (QED) is 0.743. The van der Waals surface area contributed by atoms with Gasteiger partial charge in [-0.3, -0.25) is 0 Å². The summed E-state index contributed by atoms with van der Waals surface area (Å²) >= 11 is 0. The Bertz CT molecular complexity index is 312. The minimum Gasteiger partial charge on any atom is -0.486 e. The van der Waals surface area contributed by atoms with Gasteiger partial charge < -0.3 is 10.5 Å². The first-order valence-electron chi connectivity index (χ1n) is 4.37. The molecule has 2 heteroatoms. The van der Waals surface area contributed by atoms with Crippen LogP contribution in [0.25, 0.3) is 0 Å². The van der Waals surface area contributed by atoms with Gasteiger partial charge in [0.15, 0.2) is 6.10 Å². The van der Waals surface area contributed by atoms with Gasteiger partial charge in [0.2, 0.25) is 0 Å². The fourth-order valence-electron chi connectivity index (χ4n) is 1.39. The molecule has 1 aliphatic heterocycles. The molecule has 0 aromatic heterocycles. The summed E-state index contributed by atoms with van der Waals surface area (Å²) in [5.74, 6) is 0. The van der Waals surface area contributed by atoms with Crippen molar-refractivity contribution in [2.45, 2.75) is 13.0 Å². The van der Waals surface area contributed by atoms with Crippen molar-refractivity contribution in [3.63, 3.8) is 0 Å². The van der Waals surface area contributed by atoms with Crippen LogP contribution in [0.4, 0.5) is 0 Å². The Labute approximate surface area is 78.0 Å². The summed E-state index contributed by atoms with van der Waals surface area (Å²) in [7, 11) is 0. The fourth-order valence-corrected chi connectivity index (χ4v) is 1.39. The molecule has 1 aromatic rings. The Morgan fingerprint density at radius 2 is 2.31 bits per heavy atom. The molecule has 2 rings (SSSR count). The highest BCUT2D eigenvalue weighted by Gasteiger charge is 2.15. The van der Waals surface area contributed by atoms with Crippen LogP contribution in [0.1, 0.15) is 17.5 Å². The highest BCUT2D eigenvalue weighted by atomic mass is 16.5. The van der Waals surface area contributed by atoms with Gasteiger partial charge in [-0.25, -0.2) is 0 Å². The van der Waals surface area contributed by atoms with E-state index in [1.54, 1.807) is 6.26 Å². The predicted octanol–water partition coefficient (Wildman–Crippen LogP) is 1.96. The van der Waals surface area contributed by atoms with Crippen molar-refractivity contribution in [3.05, 3.63) is 53.8 Å². The van der Waals surface area contributed by atoms with E-state index in [1.165, 1.54) is 0 Å². The summed E-state index contributed by atoms with van der Waals surface area (Å²) in [4.78, 5) is 0. The summed E-state index contributed by atoms with van der Waals surface area (Å²) in [5.41, 5.74) is 7.82. The number of rotatable bonds is 2. The second kappa shape index (κ2) is 3.62. The van der Waals surface area contributed by atoms with E-state index in [0.717, 1.165) is 23.7 Å². The Morgan fingerprint density at radius 3 is 3.00 bits per heavy atom. The lowest BCUT2D eigenvalue weighted by molar-refractivity contribution is 0.302. The van der Waals surface area contributed by atoms with E-state index in [1.807, 2.05) is 24.3 Å². The third-order valence-electron chi connectivity index (χ3n) is 2.09. The molecule has 0 atom stereocenters. The minimum absolute atomic E-state index is 0.578. The van der Waals surface area contributed by atoms with Crippen molar-refractivity contribution < 1.29 is 4.74 Å². The van der Waals surface area contributed by atoms with Crippen molar-refractivity contribution in [1.82, 2.24) is 0 Å². The van der Waals surface area contributed by atoms with Gasteiger partial charge in [0.1, 0.15) is 0 Å². The third-order valence-corrected chi connectivity index (χ3v) is 2.09. The Morgan fingerprint density at radius 1 is 1.38 bits per heavy atom. The monoisotopic (exact) mass is 174 g/mol. The highest BCUT2D eigenvalue weighted by molar-refractivity contribution is 5.33. The summed E-state index contributed by atoms with van der Waals surface area (Å²) in [6, 6.07) is 8.14. The molecule has 0 saturated heterocycles. The SMILES string of the molecule is NCc1cccc([C]2CC=CO2)c1. The molecular formula is C11H12NO. The molecule has 0 amide bonds. The molecular weight excluding hydrogens is 162 g/mol. The molecule has 0 saturated carbocycles. The Kier molecular flexibility index (Phi) is 2.32. The average Bonchev–Trinajstić information content (AvgIpc) is 2.71. The standard InChI is InChI=1S/C11H12NO/c12-8-9-3-1-4-10(7-9)11-5-2-6-13-11/h1-4,6-7H,5,8,12H2. The van der Waals surface area contributed by atoms with E-state index in [4.69, 9.17) is 10.5 Å². The zero-order chi connectivity index (χ0) is 9.10. The maximum absolute atomic E-state index is 5.55. The maximum atomic E-state index is 5.55. The lowest BCUT2D eigenvalue weighted by Gasteiger charge is -2.09. The topological polar surface area (TPSA) is 35.2 Å². The van der Waals surface area contributed by atoms with Crippen molar-refractivity contribution in [2.75, 3.05) is 0 Å². The van der Waals surface area contributed by atoms with Crippen LogP contribution in [0.3, 0.4) is 0 Å². The average molecular weight is 174 g/mol. The van der Waals surface area contributed by atoms with Crippen LogP contribution < -0.4 is 5.73 Å². The summed E-state index contributed by atoms with van der Waals surface area (Å²) in [6.07, 6.45) is 5.62. The molecule has 1 heterocycles. The van der Waals surface area contributed by atoms with Crippen molar-refractivity contribution in [1.29, 1.82) is 0 Å². The van der Waals surface area contributed by atoms with Crippen molar-refractivity contribution >= 4 is 0 Å². The second-order valence-corrected chi connectivity index (χ2v) is 3.02. The van der Waals surface area contributed by atoms with Gasteiger partial charge in [-0.1, -0.05) is 24.3 Å². The molecule has 0 aliphatic carbocycles. The van der Waals surface area contributed by atoms with Crippen LogP contribution in [0.2, 0.25) is 0 Å². The molecule has 1 radical (unpaired) electrons. The molecule has 1 aliphatic rings. The number of ether oxygens (including phenoxy) is 1. The normalized spacial score (nSPS) is 16.1. The first kappa shape index (κ1) is 8.32. The summed E-state index contributed by atoms with van der Waals surface area (Å²) in [5, 5.41) is 0. The van der Waals surface area contributed by atoms with E-state index in [9.17, 15) is 0 Å². The minimum atomic E-state index is 0.578. The van der Waals surface area contributed by atoms with Gasteiger partial charge in [-0.05, 0) is 11.6 Å². The van der Waals surface area contributed by atoms with E-state index in [2.05, 4.69) is 6.07 Å². The lowest BCUT2D eigenvalue weighted by atomic mass is 10.0. The lowest BCUT2D eigenvalue weighted by Crippen LogP contribution is -2.00.